The molecular weight excluding hydrogens is 277 g/mol. The van der Waals surface area contributed by atoms with Gasteiger partial charge in [-0.2, -0.15) is 0 Å². The van der Waals surface area contributed by atoms with E-state index < -0.39 is 5.82 Å². The van der Waals surface area contributed by atoms with E-state index in [-0.39, 0.29) is 13.2 Å². The molecule has 6 heteroatoms. The SMILES string of the molecule is COc1ccnc(COc2cc(F)cc(CO)c2)c1OC. The van der Waals surface area contributed by atoms with Gasteiger partial charge in [0.25, 0.3) is 0 Å². The van der Waals surface area contributed by atoms with Crippen molar-refractivity contribution in [1.29, 1.82) is 0 Å². The second-order valence-electron chi connectivity index (χ2n) is 4.24. The van der Waals surface area contributed by atoms with Gasteiger partial charge in [0, 0.05) is 18.3 Å². The molecule has 1 N–H and O–H groups in total. The van der Waals surface area contributed by atoms with E-state index in [9.17, 15) is 4.39 Å². The van der Waals surface area contributed by atoms with E-state index in [1.165, 1.54) is 26.4 Å². The lowest BCUT2D eigenvalue weighted by Gasteiger charge is -2.12. The third kappa shape index (κ3) is 3.61. The Morgan fingerprint density at radius 2 is 2.00 bits per heavy atom. The second kappa shape index (κ2) is 6.90. The summed E-state index contributed by atoms with van der Waals surface area (Å²) in [4.78, 5) is 4.17. The predicted octanol–water partition coefficient (Wildman–Crippen LogP) is 2.31. The molecule has 112 valence electrons. The number of aliphatic hydroxyl groups excluding tert-OH is 1. The Morgan fingerprint density at radius 3 is 2.67 bits per heavy atom. The minimum atomic E-state index is -0.470. The van der Waals surface area contributed by atoms with Crippen molar-refractivity contribution in [2.45, 2.75) is 13.2 Å². The van der Waals surface area contributed by atoms with Gasteiger partial charge in [0.15, 0.2) is 11.5 Å². The number of aliphatic hydroxyl groups is 1. The molecule has 0 spiro atoms. The number of aromatic nitrogens is 1. The summed E-state index contributed by atoms with van der Waals surface area (Å²) in [6, 6.07) is 5.73. The largest absolute Gasteiger partial charge is 0.493 e. The van der Waals surface area contributed by atoms with E-state index in [1.807, 2.05) is 0 Å². The summed E-state index contributed by atoms with van der Waals surface area (Å²) < 4.78 is 29.3. The minimum absolute atomic E-state index is 0.0920. The van der Waals surface area contributed by atoms with Crippen molar-refractivity contribution in [3.8, 4) is 17.2 Å². The van der Waals surface area contributed by atoms with Crippen LogP contribution < -0.4 is 14.2 Å². The molecule has 0 unspecified atom stereocenters. The standard InChI is InChI=1S/C15H16FNO4/c1-19-14-3-4-17-13(15(14)20-2)9-21-12-6-10(8-18)5-11(16)7-12/h3-7,18H,8-9H2,1-2H3. The number of nitrogens with zero attached hydrogens (tertiary/aromatic N) is 1. The van der Waals surface area contributed by atoms with E-state index in [0.717, 1.165) is 0 Å². The number of hydrogen-bond acceptors (Lipinski definition) is 5. The van der Waals surface area contributed by atoms with Crippen LogP contribution in [0.2, 0.25) is 0 Å². The molecule has 21 heavy (non-hydrogen) atoms. The van der Waals surface area contributed by atoms with E-state index in [2.05, 4.69) is 4.98 Å². The van der Waals surface area contributed by atoms with Crippen LogP contribution in [0.15, 0.2) is 30.5 Å². The van der Waals surface area contributed by atoms with Crippen molar-refractivity contribution in [2.24, 2.45) is 0 Å². The molecule has 0 bridgehead atoms. The Bertz CT molecular complexity index is 619. The number of methoxy groups -OCH3 is 2. The van der Waals surface area contributed by atoms with Gasteiger partial charge in [-0.1, -0.05) is 0 Å². The number of halogens is 1. The fourth-order valence-corrected chi connectivity index (χ4v) is 1.90. The molecule has 0 aliphatic rings. The predicted molar refractivity (Wildman–Crippen MR) is 74.0 cm³/mol. The summed E-state index contributed by atoms with van der Waals surface area (Å²) >= 11 is 0. The molecule has 0 amide bonds. The Balaban J connectivity index is 2.18. The molecule has 0 radical (unpaired) electrons. The van der Waals surface area contributed by atoms with Gasteiger partial charge in [0.05, 0.1) is 20.8 Å². The zero-order chi connectivity index (χ0) is 15.2. The summed E-state index contributed by atoms with van der Waals surface area (Å²) in [6.45, 7) is -0.163. The molecule has 1 heterocycles. The molecule has 1 aromatic carbocycles. The topological polar surface area (TPSA) is 60.8 Å². The third-order valence-corrected chi connectivity index (χ3v) is 2.86. The lowest BCUT2D eigenvalue weighted by Crippen LogP contribution is -2.03. The Morgan fingerprint density at radius 1 is 1.19 bits per heavy atom. The molecule has 5 nitrogen and oxygen atoms in total. The van der Waals surface area contributed by atoms with Gasteiger partial charge < -0.3 is 19.3 Å². The molecule has 0 aliphatic heterocycles. The van der Waals surface area contributed by atoms with Crippen LogP contribution in [0.25, 0.3) is 0 Å². The lowest BCUT2D eigenvalue weighted by molar-refractivity contribution is 0.272. The maximum absolute atomic E-state index is 13.4. The summed E-state index contributed by atoms with van der Waals surface area (Å²) in [5.41, 5.74) is 0.974. The maximum atomic E-state index is 13.4. The third-order valence-electron chi connectivity index (χ3n) is 2.86. The van der Waals surface area contributed by atoms with Crippen molar-refractivity contribution in [2.75, 3.05) is 14.2 Å². The molecule has 0 aliphatic carbocycles. The zero-order valence-corrected chi connectivity index (χ0v) is 11.8. The Kier molecular flexibility index (Phi) is 4.94. The van der Waals surface area contributed by atoms with E-state index in [0.29, 0.717) is 28.5 Å². The fraction of sp³-hybridized carbons (Fsp3) is 0.267. The first-order valence-corrected chi connectivity index (χ1v) is 6.27. The Labute approximate surface area is 121 Å². The van der Waals surface area contributed by atoms with Crippen LogP contribution in [0, 0.1) is 5.82 Å². The monoisotopic (exact) mass is 293 g/mol. The van der Waals surface area contributed by atoms with Crippen molar-refractivity contribution in [3.63, 3.8) is 0 Å². The van der Waals surface area contributed by atoms with Gasteiger partial charge in [0.1, 0.15) is 23.9 Å². The van der Waals surface area contributed by atoms with Crippen molar-refractivity contribution in [3.05, 3.63) is 47.5 Å². The Hall–Kier alpha value is -2.34. The maximum Gasteiger partial charge on any atom is 0.185 e. The summed E-state index contributed by atoms with van der Waals surface area (Å²) in [5, 5.41) is 9.05. The number of rotatable bonds is 6. The van der Waals surface area contributed by atoms with Gasteiger partial charge in [-0.3, -0.25) is 4.98 Å². The van der Waals surface area contributed by atoms with Gasteiger partial charge in [0.2, 0.25) is 0 Å². The van der Waals surface area contributed by atoms with E-state index in [1.54, 1.807) is 18.3 Å². The first-order valence-electron chi connectivity index (χ1n) is 6.27. The number of hydrogen-bond donors (Lipinski definition) is 1. The average Bonchev–Trinajstić information content (AvgIpc) is 2.51. The van der Waals surface area contributed by atoms with Crippen LogP contribution >= 0.6 is 0 Å². The van der Waals surface area contributed by atoms with Crippen molar-refractivity contribution < 1.29 is 23.7 Å². The number of pyridine rings is 1. The van der Waals surface area contributed by atoms with Crippen LogP contribution in [0.3, 0.4) is 0 Å². The van der Waals surface area contributed by atoms with E-state index in [4.69, 9.17) is 19.3 Å². The highest BCUT2D eigenvalue weighted by Gasteiger charge is 2.12. The molecule has 0 fully saturated rings. The van der Waals surface area contributed by atoms with Crippen LogP contribution in [-0.2, 0) is 13.2 Å². The fourth-order valence-electron chi connectivity index (χ4n) is 1.90. The van der Waals surface area contributed by atoms with Gasteiger partial charge in [-0.05, 0) is 17.7 Å². The highest BCUT2D eigenvalue weighted by atomic mass is 19.1. The van der Waals surface area contributed by atoms with Crippen LogP contribution in [-0.4, -0.2) is 24.3 Å². The molecule has 2 rings (SSSR count). The molecule has 0 saturated carbocycles. The highest BCUT2D eigenvalue weighted by Crippen LogP contribution is 2.29. The van der Waals surface area contributed by atoms with Crippen molar-refractivity contribution >= 4 is 0 Å². The van der Waals surface area contributed by atoms with Gasteiger partial charge in [-0.25, -0.2) is 4.39 Å². The molecular formula is C15H16FNO4. The minimum Gasteiger partial charge on any atom is -0.493 e. The first-order chi connectivity index (χ1) is 10.2. The zero-order valence-electron chi connectivity index (χ0n) is 11.8. The molecule has 1 aromatic heterocycles. The number of ether oxygens (including phenoxy) is 3. The van der Waals surface area contributed by atoms with Crippen LogP contribution in [0.4, 0.5) is 4.39 Å². The summed E-state index contributed by atoms with van der Waals surface area (Å²) in [7, 11) is 3.04. The lowest BCUT2D eigenvalue weighted by atomic mass is 10.2. The smallest absolute Gasteiger partial charge is 0.185 e. The van der Waals surface area contributed by atoms with Crippen molar-refractivity contribution in [1.82, 2.24) is 4.98 Å². The quantitative estimate of drug-likeness (QED) is 0.885. The number of benzene rings is 1. The van der Waals surface area contributed by atoms with Gasteiger partial charge >= 0.3 is 0 Å². The summed E-state index contributed by atoms with van der Waals surface area (Å²) in [5.74, 6) is 0.855. The molecule has 0 saturated heterocycles. The first kappa shape index (κ1) is 15.1. The molecule has 2 aromatic rings. The summed E-state index contributed by atoms with van der Waals surface area (Å²) in [6.07, 6.45) is 1.57. The normalized spacial score (nSPS) is 10.3. The van der Waals surface area contributed by atoms with E-state index >= 15 is 0 Å². The molecule has 0 atom stereocenters. The van der Waals surface area contributed by atoms with Crippen LogP contribution in [0.5, 0.6) is 17.2 Å². The highest BCUT2D eigenvalue weighted by molar-refractivity contribution is 5.42. The van der Waals surface area contributed by atoms with Crippen LogP contribution in [0.1, 0.15) is 11.3 Å². The average molecular weight is 293 g/mol. The van der Waals surface area contributed by atoms with Gasteiger partial charge in [-0.15, -0.1) is 0 Å². The second-order valence-corrected chi connectivity index (χ2v) is 4.24.